The fourth-order valence-corrected chi connectivity index (χ4v) is 4.20. The third-order valence-electron chi connectivity index (χ3n) is 5.04. The van der Waals surface area contributed by atoms with Crippen molar-refractivity contribution in [3.63, 3.8) is 0 Å². The number of hydrogen-bond acceptors (Lipinski definition) is 6. The molecule has 5 rings (SSSR count). The number of nitrogens with zero attached hydrogens (tertiary/aromatic N) is 5. The number of carboxylic acids is 1. The summed E-state index contributed by atoms with van der Waals surface area (Å²) in [6, 6.07) is 20.0. The number of aliphatic carboxylic acids is 1. The van der Waals surface area contributed by atoms with Crippen LogP contribution in [0, 0.1) is 3.57 Å². The Morgan fingerprint density at radius 3 is 2.50 bits per heavy atom. The minimum atomic E-state index is -1.18. The summed E-state index contributed by atoms with van der Waals surface area (Å²) in [4.78, 5) is 16.7. The molecule has 7 nitrogen and oxygen atoms in total. The molecule has 32 heavy (non-hydrogen) atoms. The Hall–Kier alpha value is -2.51. The molecule has 0 fully saturated rings. The van der Waals surface area contributed by atoms with Crippen LogP contribution in [0.4, 0.5) is 0 Å². The molecule has 2 aromatic heterocycles. The third kappa shape index (κ3) is 4.11. The van der Waals surface area contributed by atoms with Gasteiger partial charge in [0.25, 0.3) is 5.78 Å². The van der Waals surface area contributed by atoms with Crippen molar-refractivity contribution in [2.24, 2.45) is 0 Å². The van der Waals surface area contributed by atoms with Gasteiger partial charge in [0, 0.05) is 25.5 Å². The van der Waals surface area contributed by atoms with Crippen molar-refractivity contribution in [2.45, 2.75) is 5.92 Å². The van der Waals surface area contributed by atoms with Gasteiger partial charge in [0.05, 0.1) is 17.2 Å². The smallest absolute Gasteiger partial charge is 0.549 e. The molecule has 1 atom stereocenters. The number of benzene rings is 3. The molecule has 0 saturated carbocycles. The molecule has 0 N–H and O–H groups in total. The number of hydrogen-bond donors (Lipinski definition) is 0. The Balaban J connectivity index is 0.00000245. The van der Waals surface area contributed by atoms with Crippen molar-refractivity contribution in [2.75, 3.05) is 0 Å². The van der Waals surface area contributed by atoms with Crippen molar-refractivity contribution >= 4 is 56.8 Å². The minimum Gasteiger partial charge on any atom is -0.549 e. The fraction of sp³-hybridized carbons (Fsp3) is 0.0455. The number of carbonyl (C=O) groups is 1. The molecule has 2 heterocycles. The van der Waals surface area contributed by atoms with Crippen LogP contribution in [0.15, 0.2) is 66.7 Å². The van der Waals surface area contributed by atoms with Crippen LogP contribution >= 0.6 is 34.2 Å². The standard InChI is InChI=1S/C22H13ClIN5O2.Li/c23-15-3-1-2-14(10-15)20-17-11-13(6-9-18(17)29-22(25-20)26-27-28-29)19(21(30)31)12-4-7-16(24)8-5-12;/h1-11,19H,(H,30,31);/q;+1/p-1. The van der Waals surface area contributed by atoms with E-state index in [2.05, 4.69) is 43.1 Å². The normalized spacial score (nSPS) is 11.9. The first kappa shape index (κ1) is 22.7. The monoisotopic (exact) mass is 547 g/mol. The molecule has 1 unspecified atom stereocenters. The maximum absolute atomic E-state index is 12.1. The van der Waals surface area contributed by atoms with Crippen molar-refractivity contribution < 1.29 is 28.8 Å². The van der Waals surface area contributed by atoms with Gasteiger partial charge in [-0.3, -0.25) is 0 Å². The number of aromatic nitrogens is 5. The zero-order valence-corrected chi connectivity index (χ0v) is 19.7. The van der Waals surface area contributed by atoms with E-state index in [4.69, 9.17) is 11.6 Å². The molecular weight excluding hydrogens is 536 g/mol. The molecule has 0 aliphatic carbocycles. The van der Waals surface area contributed by atoms with E-state index in [0.717, 1.165) is 9.13 Å². The van der Waals surface area contributed by atoms with Crippen molar-refractivity contribution in [1.29, 1.82) is 0 Å². The van der Waals surface area contributed by atoms with Crippen molar-refractivity contribution in [3.05, 3.63) is 86.4 Å². The minimum absolute atomic E-state index is 0. The molecule has 5 aromatic rings. The largest absolute Gasteiger partial charge is 1.00 e. The van der Waals surface area contributed by atoms with E-state index < -0.39 is 11.9 Å². The molecule has 0 aliphatic heterocycles. The molecule has 0 bridgehead atoms. The predicted octanol–water partition coefficient (Wildman–Crippen LogP) is 0.483. The first-order valence-corrected chi connectivity index (χ1v) is 10.7. The summed E-state index contributed by atoms with van der Waals surface area (Å²) in [6.45, 7) is 0. The Morgan fingerprint density at radius 2 is 1.78 bits per heavy atom. The Kier molecular flexibility index (Phi) is 6.49. The summed E-state index contributed by atoms with van der Waals surface area (Å²) in [7, 11) is 0. The Morgan fingerprint density at radius 1 is 1.03 bits per heavy atom. The average molecular weight is 548 g/mol. The Bertz CT molecular complexity index is 1460. The first-order valence-electron chi connectivity index (χ1n) is 9.25. The second-order valence-corrected chi connectivity index (χ2v) is 8.62. The number of halogens is 2. The summed E-state index contributed by atoms with van der Waals surface area (Å²) < 4.78 is 2.54. The molecule has 0 spiro atoms. The molecular formula is C22H12ClILiN5O2. The van der Waals surface area contributed by atoms with Crippen LogP contribution in [0.2, 0.25) is 5.02 Å². The van der Waals surface area contributed by atoms with Gasteiger partial charge >= 0.3 is 18.9 Å². The van der Waals surface area contributed by atoms with Gasteiger partial charge in [0.15, 0.2) is 0 Å². The molecule has 0 saturated heterocycles. The van der Waals surface area contributed by atoms with Crippen LogP contribution in [0.25, 0.3) is 27.9 Å². The predicted molar refractivity (Wildman–Crippen MR) is 123 cm³/mol. The van der Waals surface area contributed by atoms with Crippen LogP contribution in [0.5, 0.6) is 0 Å². The average Bonchev–Trinajstić information content (AvgIpc) is 3.23. The molecule has 0 amide bonds. The Labute approximate surface area is 213 Å². The van der Waals surface area contributed by atoms with Gasteiger partial charge in [0.2, 0.25) is 0 Å². The number of fused-ring (bicyclic) bond motifs is 3. The van der Waals surface area contributed by atoms with E-state index in [1.165, 1.54) is 4.52 Å². The quantitative estimate of drug-likeness (QED) is 0.240. The second kappa shape index (κ2) is 9.16. The summed E-state index contributed by atoms with van der Waals surface area (Å²) in [5.41, 5.74) is 3.31. The summed E-state index contributed by atoms with van der Waals surface area (Å²) in [5, 5.41) is 25.1. The maximum Gasteiger partial charge on any atom is 1.00 e. The van der Waals surface area contributed by atoms with Crippen molar-refractivity contribution in [1.82, 2.24) is 25.0 Å². The van der Waals surface area contributed by atoms with E-state index in [9.17, 15) is 9.90 Å². The fourth-order valence-electron chi connectivity index (χ4n) is 3.65. The molecule has 0 radical (unpaired) electrons. The van der Waals surface area contributed by atoms with Crippen LogP contribution in [0.1, 0.15) is 17.0 Å². The molecule has 152 valence electrons. The van der Waals surface area contributed by atoms with E-state index in [0.29, 0.717) is 38.5 Å². The van der Waals surface area contributed by atoms with Gasteiger partial charge in [-0.1, -0.05) is 47.0 Å². The van der Waals surface area contributed by atoms with E-state index in [1.54, 1.807) is 42.5 Å². The van der Waals surface area contributed by atoms with Gasteiger partial charge in [0.1, 0.15) is 0 Å². The van der Waals surface area contributed by atoms with Gasteiger partial charge in [-0.25, -0.2) is 4.98 Å². The second-order valence-electron chi connectivity index (χ2n) is 6.94. The third-order valence-corrected chi connectivity index (χ3v) is 5.99. The van der Waals surface area contributed by atoms with Crippen LogP contribution < -0.4 is 24.0 Å². The summed E-state index contributed by atoms with van der Waals surface area (Å²) in [5.74, 6) is -1.77. The number of carbonyl (C=O) groups excluding carboxylic acids is 1. The van der Waals surface area contributed by atoms with Gasteiger partial charge in [-0.2, -0.15) is 4.52 Å². The summed E-state index contributed by atoms with van der Waals surface area (Å²) >= 11 is 8.38. The SMILES string of the molecule is O=C([O-])C(c1ccc(I)cc1)c1ccc2c(c1)c(-c1cccc(Cl)c1)nc1nnnn12.[Li+]. The van der Waals surface area contributed by atoms with Crippen molar-refractivity contribution in [3.8, 4) is 11.3 Å². The maximum atomic E-state index is 12.1. The van der Waals surface area contributed by atoms with Crippen LogP contribution in [-0.2, 0) is 4.79 Å². The summed E-state index contributed by atoms with van der Waals surface area (Å²) in [6.07, 6.45) is 0. The molecule has 3 aromatic carbocycles. The topological polar surface area (TPSA) is 96.1 Å². The van der Waals surface area contributed by atoms with Gasteiger partial charge < -0.3 is 9.90 Å². The number of tetrazole rings is 1. The zero-order chi connectivity index (χ0) is 21.5. The van der Waals surface area contributed by atoms with Gasteiger partial charge in [-0.05, 0) is 80.5 Å². The van der Waals surface area contributed by atoms with Crippen LogP contribution in [0.3, 0.4) is 0 Å². The van der Waals surface area contributed by atoms with Crippen LogP contribution in [-0.4, -0.2) is 31.0 Å². The van der Waals surface area contributed by atoms with E-state index in [-0.39, 0.29) is 18.9 Å². The number of carboxylic acid groups (broad SMARTS) is 1. The molecule has 10 heteroatoms. The van der Waals surface area contributed by atoms with E-state index in [1.807, 2.05) is 24.3 Å². The van der Waals surface area contributed by atoms with E-state index >= 15 is 0 Å². The zero-order valence-electron chi connectivity index (χ0n) is 16.7. The number of rotatable bonds is 4. The molecule has 0 aliphatic rings. The van der Waals surface area contributed by atoms with Gasteiger partial charge in [-0.15, -0.1) is 0 Å². The first-order chi connectivity index (χ1) is 15.0.